The average molecular weight is 317 g/mol. The zero-order chi connectivity index (χ0) is 14.8. The molecular formula is C16H13ClN2OS. The molecule has 0 amide bonds. The Labute approximate surface area is 132 Å². The van der Waals surface area contributed by atoms with Gasteiger partial charge in [0.05, 0.1) is 5.69 Å². The van der Waals surface area contributed by atoms with Gasteiger partial charge in [0.25, 0.3) is 0 Å². The largest absolute Gasteiger partial charge is 0.335 e. The van der Waals surface area contributed by atoms with Crippen molar-refractivity contribution in [2.45, 2.75) is 12.7 Å². The molecule has 21 heavy (non-hydrogen) atoms. The Kier molecular flexibility index (Phi) is 3.99. The van der Waals surface area contributed by atoms with Gasteiger partial charge in [-0.2, -0.15) is 0 Å². The SMILES string of the molecule is CC(=O)c1ccc(NC2=Nc3ccc(Cl)cc3CS2)cc1. The second-order valence-electron chi connectivity index (χ2n) is 4.74. The van der Waals surface area contributed by atoms with Crippen molar-refractivity contribution in [1.82, 2.24) is 0 Å². The van der Waals surface area contributed by atoms with Gasteiger partial charge in [-0.05, 0) is 55.0 Å². The van der Waals surface area contributed by atoms with Crippen LogP contribution in [0.1, 0.15) is 22.8 Å². The number of ketones is 1. The third-order valence-electron chi connectivity index (χ3n) is 3.17. The first kappa shape index (κ1) is 14.2. The molecule has 1 aliphatic heterocycles. The van der Waals surface area contributed by atoms with E-state index in [1.54, 1.807) is 18.7 Å². The van der Waals surface area contributed by atoms with E-state index in [2.05, 4.69) is 10.3 Å². The maximum Gasteiger partial charge on any atom is 0.166 e. The van der Waals surface area contributed by atoms with Crippen molar-refractivity contribution in [1.29, 1.82) is 0 Å². The predicted molar refractivity (Wildman–Crippen MR) is 89.9 cm³/mol. The van der Waals surface area contributed by atoms with Gasteiger partial charge >= 0.3 is 0 Å². The Morgan fingerprint density at radius 3 is 2.71 bits per heavy atom. The fourth-order valence-electron chi connectivity index (χ4n) is 2.04. The zero-order valence-corrected chi connectivity index (χ0v) is 13.0. The number of carbonyl (C=O) groups is 1. The van der Waals surface area contributed by atoms with Crippen LogP contribution in [0.15, 0.2) is 47.5 Å². The number of fused-ring (bicyclic) bond motifs is 1. The number of benzene rings is 2. The van der Waals surface area contributed by atoms with Crippen LogP contribution in [0, 0.1) is 0 Å². The van der Waals surface area contributed by atoms with Crippen molar-refractivity contribution in [3.63, 3.8) is 0 Å². The van der Waals surface area contributed by atoms with Crippen LogP contribution in [-0.4, -0.2) is 11.0 Å². The first-order chi connectivity index (χ1) is 10.1. The fourth-order valence-corrected chi connectivity index (χ4v) is 3.11. The average Bonchev–Trinajstić information content (AvgIpc) is 2.48. The number of nitrogens with zero attached hydrogens (tertiary/aromatic N) is 1. The molecule has 0 fully saturated rings. The van der Waals surface area contributed by atoms with Crippen molar-refractivity contribution in [2.75, 3.05) is 5.32 Å². The lowest BCUT2D eigenvalue weighted by Crippen LogP contribution is -2.10. The minimum Gasteiger partial charge on any atom is -0.335 e. The number of hydrogen-bond acceptors (Lipinski definition) is 4. The normalized spacial score (nSPS) is 13.3. The second-order valence-corrected chi connectivity index (χ2v) is 6.14. The lowest BCUT2D eigenvalue weighted by atomic mass is 10.1. The van der Waals surface area contributed by atoms with Gasteiger partial charge in [0.15, 0.2) is 11.0 Å². The number of thioether (sulfide) groups is 1. The third-order valence-corrected chi connectivity index (χ3v) is 4.33. The van der Waals surface area contributed by atoms with E-state index < -0.39 is 0 Å². The highest BCUT2D eigenvalue weighted by Gasteiger charge is 2.13. The highest BCUT2D eigenvalue weighted by molar-refractivity contribution is 8.13. The topological polar surface area (TPSA) is 41.5 Å². The summed E-state index contributed by atoms with van der Waals surface area (Å²) in [5.41, 5.74) is 3.72. The Morgan fingerprint density at radius 2 is 2.00 bits per heavy atom. The van der Waals surface area contributed by atoms with E-state index in [9.17, 15) is 4.79 Å². The molecule has 0 saturated carbocycles. The minimum atomic E-state index is 0.0664. The lowest BCUT2D eigenvalue weighted by Gasteiger charge is -2.16. The quantitative estimate of drug-likeness (QED) is 0.802. The highest BCUT2D eigenvalue weighted by atomic mass is 35.5. The third kappa shape index (κ3) is 3.28. The summed E-state index contributed by atoms with van der Waals surface area (Å²) in [4.78, 5) is 15.8. The van der Waals surface area contributed by atoms with Crippen LogP contribution in [0.4, 0.5) is 11.4 Å². The summed E-state index contributed by atoms with van der Waals surface area (Å²) in [7, 11) is 0. The van der Waals surface area contributed by atoms with Crippen LogP contribution < -0.4 is 5.32 Å². The summed E-state index contributed by atoms with van der Waals surface area (Å²) in [5.74, 6) is 0.907. The first-order valence-corrected chi connectivity index (χ1v) is 7.86. The molecule has 3 nitrogen and oxygen atoms in total. The molecular weight excluding hydrogens is 304 g/mol. The number of hydrogen-bond donors (Lipinski definition) is 1. The van der Waals surface area contributed by atoms with Crippen molar-refractivity contribution < 1.29 is 4.79 Å². The van der Waals surface area contributed by atoms with E-state index in [0.717, 1.165) is 32.9 Å². The Bertz CT molecular complexity index is 726. The number of halogens is 1. The van der Waals surface area contributed by atoms with E-state index in [-0.39, 0.29) is 5.78 Å². The van der Waals surface area contributed by atoms with E-state index in [4.69, 9.17) is 11.6 Å². The van der Waals surface area contributed by atoms with Crippen LogP contribution >= 0.6 is 23.4 Å². The molecule has 0 spiro atoms. The summed E-state index contributed by atoms with van der Waals surface area (Å²) in [6.45, 7) is 1.56. The van der Waals surface area contributed by atoms with Gasteiger partial charge in [0, 0.05) is 22.0 Å². The van der Waals surface area contributed by atoms with Crippen LogP contribution in [0.5, 0.6) is 0 Å². The molecule has 0 bridgehead atoms. The van der Waals surface area contributed by atoms with Gasteiger partial charge in [0.2, 0.25) is 0 Å². The van der Waals surface area contributed by atoms with Gasteiger partial charge < -0.3 is 5.32 Å². The maximum atomic E-state index is 11.3. The van der Waals surface area contributed by atoms with Gasteiger partial charge in [0.1, 0.15) is 0 Å². The standard InChI is InChI=1S/C16H13ClN2OS/c1-10(20)11-2-5-14(6-3-11)18-16-19-15-7-4-13(17)8-12(15)9-21-16/h2-8H,9H2,1H3,(H,18,19). The van der Waals surface area contributed by atoms with Crippen LogP contribution in [0.2, 0.25) is 5.02 Å². The van der Waals surface area contributed by atoms with Gasteiger partial charge in [-0.3, -0.25) is 4.79 Å². The number of Topliss-reactive ketones (excluding diaryl/α,β-unsaturated/α-hetero) is 1. The predicted octanol–water partition coefficient (Wildman–Crippen LogP) is 4.89. The molecule has 0 saturated heterocycles. The molecule has 1 aliphatic rings. The Morgan fingerprint density at radius 1 is 1.24 bits per heavy atom. The Balaban J connectivity index is 1.79. The van der Waals surface area contributed by atoms with E-state index >= 15 is 0 Å². The molecule has 0 atom stereocenters. The lowest BCUT2D eigenvalue weighted by molar-refractivity contribution is 0.101. The number of anilines is 1. The number of nitrogens with one attached hydrogen (secondary N) is 1. The summed E-state index contributed by atoms with van der Waals surface area (Å²) in [6.07, 6.45) is 0. The summed E-state index contributed by atoms with van der Waals surface area (Å²) >= 11 is 7.62. The zero-order valence-electron chi connectivity index (χ0n) is 11.4. The highest BCUT2D eigenvalue weighted by Crippen LogP contribution is 2.33. The van der Waals surface area contributed by atoms with E-state index in [1.165, 1.54) is 0 Å². The smallest absolute Gasteiger partial charge is 0.166 e. The van der Waals surface area contributed by atoms with Gasteiger partial charge in [-0.1, -0.05) is 23.4 Å². The molecule has 0 aromatic heterocycles. The molecule has 1 N–H and O–H groups in total. The van der Waals surface area contributed by atoms with E-state index in [1.807, 2.05) is 42.5 Å². The molecule has 106 valence electrons. The van der Waals surface area contributed by atoms with Crippen LogP contribution in [0.25, 0.3) is 0 Å². The van der Waals surface area contributed by atoms with Crippen molar-refractivity contribution in [3.8, 4) is 0 Å². The summed E-state index contributed by atoms with van der Waals surface area (Å²) < 4.78 is 0. The molecule has 5 heteroatoms. The number of rotatable bonds is 2. The van der Waals surface area contributed by atoms with E-state index in [0.29, 0.717) is 5.56 Å². The molecule has 2 aromatic rings. The maximum absolute atomic E-state index is 11.3. The molecule has 1 heterocycles. The van der Waals surface area contributed by atoms with Crippen LogP contribution in [0.3, 0.4) is 0 Å². The number of amidine groups is 1. The van der Waals surface area contributed by atoms with Crippen molar-refractivity contribution in [2.24, 2.45) is 4.99 Å². The molecule has 0 unspecified atom stereocenters. The molecule has 3 rings (SSSR count). The Hall–Kier alpha value is -1.78. The number of aliphatic imine (C=N–C) groups is 1. The van der Waals surface area contributed by atoms with Crippen molar-refractivity contribution in [3.05, 3.63) is 58.6 Å². The first-order valence-electron chi connectivity index (χ1n) is 6.50. The summed E-state index contributed by atoms with van der Waals surface area (Å²) in [5, 5.41) is 4.86. The second kappa shape index (κ2) is 5.92. The fraction of sp³-hybridized carbons (Fsp3) is 0.125. The van der Waals surface area contributed by atoms with Crippen LogP contribution in [-0.2, 0) is 5.75 Å². The molecule has 2 aromatic carbocycles. The minimum absolute atomic E-state index is 0.0664. The van der Waals surface area contributed by atoms with Crippen molar-refractivity contribution >= 4 is 45.7 Å². The molecule has 0 aliphatic carbocycles. The monoisotopic (exact) mass is 316 g/mol. The summed E-state index contributed by atoms with van der Waals surface area (Å²) in [6, 6.07) is 13.1. The number of carbonyl (C=O) groups excluding carboxylic acids is 1. The van der Waals surface area contributed by atoms with Gasteiger partial charge in [-0.15, -0.1) is 0 Å². The van der Waals surface area contributed by atoms with Gasteiger partial charge in [-0.25, -0.2) is 4.99 Å². The molecule has 0 radical (unpaired) electrons.